The predicted molar refractivity (Wildman–Crippen MR) is 95.8 cm³/mol. The summed E-state index contributed by atoms with van der Waals surface area (Å²) in [6, 6.07) is 13.5. The second kappa shape index (κ2) is 9.81. The molecule has 2 aromatic carbocycles. The number of carboxylic acid groups (broad SMARTS) is 1. The van der Waals surface area contributed by atoms with Gasteiger partial charge in [-0.3, -0.25) is 4.79 Å². The lowest BCUT2D eigenvalue weighted by Crippen LogP contribution is -2.29. The number of amides is 1. The first kappa shape index (κ1) is 19.8. The monoisotopic (exact) mass is 371 g/mol. The van der Waals surface area contributed by atoms with Crippen LogP contribution < -0.4 is 24.7 Å². The molecule has 27 heavy (non-hydrogen) atoms. The van der Waals surface area contributed by atoms with E-state index in [1.54, 1.807) is 62.6 Å². The van der Waals surface area contributed by atoms with Crippen LogP contribution >= 0.6 is 0 Å². The quantitative estimate of drug-likeness (QED) is 0.514. The zero-order chi connectivity index (χ0) is 19.6. The lowest BCUT2D eigenvalue weighted by molar-refractivity contribution is -0.307. The number of ether oxygens (including phenoxy) is 3. The van der Waals surface area contributed by atoms with E-state index in [1.807, 2.05) is 0 Å². The molecule has 2 aromatic rings. The minimum atomic E-state index is -1.31. The van der Waals surface area contributed by atoms with E-state index < -0.39 is 18.5 Å². The molecular weight excluding hydrogens is 352 g/mol. The fourth-order valence-electron chi connectivity index (χ4n) is 2.02. The zero-order valence-electron chi connectivity index (χ0n) is 14.9. The van der Waals surface area contributed by atoms with Gasteiger partial charge in [-0.2, -0.15) is 5.10 Å². The number of rotatable bonds is 9. The zero-order valence-corrected chi connectivity index (χ0v) is 14.9. The molecule has 0 aliphatic heterocycles. The number of carbonyl (C=O) groups excluding carboxylic acids is 2. The fourth-order valence-corrected chi connectivity index (χ4v) is 2.02. The average Bonchev–Trinajstić information content (AvgIpc) is 2.69. The van der Waals surface area contributed by atoms with E-state index in [-0.39, 0.29) is 6.61 Å². The average molecular weight is 371 g/mol. The van der Waals surface area contributed by atoms with Crippen LogP contribution in [0.3, 0.4) is 0 Å². The minimum absolute atomic E-state index is 0.197. The molecule has 8 heteroatoms. The van der Waals surface area contributed by atoms with E-state index in [4.69, 9.17) is 14.2 Å². The second-order valence-electron chi connectivity index (χ2n) is 5.38. The van der Waals surface area contributed by atoms with Gasteiger partial charge in [0.2, 0.25) is 0 Å². The summed E-state index contributed by atoms with van der Waals surface area (Å²) in [5, 5.41) is 14.4. The summed E-state index contributed by atoms with van der Waals surface area (Å²) in [6.07, 6.45) is 0. The Bertz CT molecular complexity index is 817. The topological polar surface area (TPSA) is 109 Å². The van der Waals surface area contributed by atoms with Gasteiger partial charge in [0, 0.05) is 5.56 Å². The molecule has 2 rings (SSSR count). The van der Waals surface area contributed by atoms with Gasteiger partial charge in [0.15, 0.2) is 6.61 Å². The smallest absolute Gasteiger partial charge is 0.277 e. The van der Waals surface area contributed by atoms with Crippen molar-refractivity contribution in [3.63, 3.8) is 0 Å². The Kier molecular flexibility index (Phi) is 7.18. The van der Waals surface area contributed by atoms with Crippen molar-refractivity contribution in [1.82, 2.24) is 5.43 Å². The largest absolute Gasteiger partial charge is 0.546 e. The van der Waals surface area contributed by atoms with Crippen molar-refractivity contribution < 1.29 is 28.9 Å². The van der Waals surface area contributed by atoms with E-state index in [2.05, 4.69) is 10.5 Å². The van der Waals surface area contributed by atoms with E-state index in [0.29, 0.717) is 28.5 Å². The molecule has 0 radical (unpaired) electrons. The molecular formula is C19H19N2O6-. The van der Waals surface area contributed by atoms with Crippen LogP contribution in [0.15, 0.2) is 53.6 Å². The number of carbonyl (C=O) groups is 2. The van der Waals surface area contributed by atoms with Crippen LogP contribution in [0.5, 0.6) is 17.2 Å². The van der Waals surface area contributed by atoms with Crippen molar-refractivity contribution in [3.8, 4) is 17.2 Å². The van der Waals surface area contributed by atoms with Gasteiger partial charge in [-0.15, -0.1) is 0 Å². The highest BCUT2D eigenvalue weighted by atomic mass is 16.5. The summed E-state index contributed by atoms with van der Waals surface area (Å²) in [4.78, 5) is 22.3. The molecule has 142 valence electrons. The normalized spacial score (nSPS) is 10.8. The van der Waals surface area contributed by atoms with Gasteiger partial charge in [0.05, 0.1) is 18.8 Å². The first-order valence-electron chi connectivity index (χ1n) is 8.01. The van der Waals surface area contributed by atoms with Crippen LogP contribution in [0.2, 0.25) is 0 Å². The van der Waals surface area contributed by atoms with Crippen LogP contribution in [0.25, 0.3) is 0 Å². The van der Waals surface area contributed by atoms with E-state index >= 15 is 0 Å². The Hall–Kier alpha value is -3.55. The van der Waals surface area contributed by atoms with Gasteiger partial charge < -0.3 is 24.1 Å². The Balaban J connectivity index is 1.87. The SMILES string of the molecule is COc1ccc(OCC(=O)N/N=C(/C)c2cccc(OCC(=O)[O-])c2)cc1. The number of hydrogen-bond donors (Lipinski definition) is 1. The summed E-state index contributed by atoms with van der Waals surface area (Å²) in [7, 11) is 1.56. The maximum Gasteiger partial charge on any atom is 0.277 e. The summed E-state index contributed by atoms with van der Waals surface area (Å²) < 4.78 is 15.5. The Labute approximate surface area is 156 Å². The van der Waals surface area contributed by atoms with Gasteiger partial charge in [0.1, 0.15) is 23.9 Å². The predicted octanol–water partition coefficient (Wildman–Crippen LogP) is 0.743. The molecule has 0 saturated heterocycles. The standard InChI is InChI=1S/C19H20N2O6/c1-13(14-4-3-5-17(10-14)27-12-19(23)24)20-21-18(22)11-26-16-8-6-15(25-2)7-9-16/h3-10H,11-12H2,1-2H3,(H,21,22)(H,23,24)/p-1/b20-13-. The third kappa shape index (κ3) is 6.69. The third-order valence-electron chi connectivity index (χ3n) is 3.39. The number of benzene rings is 2. The van der Waals surface area contributed by atoms with Gasteiger partial charge >= 0.3 is 0 Å². The van der Waals surface area contributed by atoms with Crippen molar-refractivity contribution in [2.24, 2.45) is 5.10 Å². The lowest BCUT2D eigenvalue weighted by Gasteiger charge is -2.09. The molecule has 0 saturated carbocycles. The van der Waals surface area contributed by atoms with Crippen LogP contribution in [0.1, 0.15) is 12.5 Å². The van der Waals surface area contributed by atoms with Crippen LogP contribution in [-0.2, 0) is 9.59 Å². The second-order valence-corrected chi connectivity index (χ2v) is 5.38. The number of methoxy groups -OCH3 is 1. The Morgan fingerprint density at radius 1 is 1.00 bits per heavy atom. The number of aliphatic carboxylic acids is 1. The van der Waals surface area contributed by atoms with Crippen molar-refractivity contribution in [3.05, 3.63) is 54.1 Å². The van der Waals surface area contributed by atoms with Crippen molar-refractivity contribution >= 4 is 17.6 Å². The number of carboxylic acids is 1. The summed E-state index contributed by atoms with van der Waals surface area (Å²) in [6.45, 7) is 0.958. The minimum Gasteiger partial charge on any atom is -0.546 e. The highest BCUT2D eigenvalue weighted by Crippen LogP contribution is 2.17. The summed E-state index contributed by atoms with van der Waals surface area (Å²) in [5.74, 6) is -0.146. The van der Waals surface area contributed by atoms with Crippen LogP contribution in [0, 0.1) is 0 Å². The molecule has 0 aromatic heterocycles. The fraction of sp³-hybridized carbons (Fsp3) is 0.211. The van der Waals surface area contributed by atoms with E-state index in [0.717, 1.165) is 0 Å². The lowest BCUT2D eigenvalue weighted by atomic mass is 10.1. The number of hydrazone groups is 1. The first-order chi connectivity index (χ1) is 13.0. The van der Waals surface area contributed by atoms with Crippen molar-refractivity contribution in [2.75, 3.05) is 20.3 Å². The highest BCUT2D eigenvalue weighted by Gasteiger charge is 2.04. The van der Waals surface area contributed by atoms with Crippen LogP contribution in [-0.4, -0.2) is 37.9 Å². The van der Waals surface area contributed by atoms with Gasteiger partial charge in [-0.25, -0.2) is 5.43 Å². The third-order valence-corrected chi connectivity index (χ3v) is 3.39. The van der Waals surface area contributed by atoms with Gasteiger partial charge in [-0.05, 0) is 43.3 Å². The van der Waals surface area contributed by atoms with Gasteiger partial charge in [-0.1, -0.05) is 12.1 Å². The van der Waals surface area contributed by atoms with Crippen LogP contribution in [0.4, 0.5) is 0 Å². The summed E-state index contributed by atoms with van der Waals surface area (Å²) in [5.41, 5.74) is 3.59. The Morgan fingerprint density at radius 2 is 1.67 bits per heavy atom. The van der Waals surface area contributed by atoms with Crippen molar-refractivity contribution in [1.29, 1.82) is 0 Å². The van der Waals surface area contributed by atoms with E-state index in [9.17, 15) is 14.7 Å². The summed E-state index contributed by atoms with van der Waals surface area (Å²) >= 11 is 0. The number of nitrogens with zero attached hydrogens (tertiary/aromatic N) is 1. The molecule has 0 heterocycles. The molecule has 0 atom stereocenters. The maximum atomic E-state index is 11.9. The molecule has 1 N–H and O–H groups in total. The molecule has 0 unspecified atom stereocenters. The van der Waals surface area contributed by atoms with Crippen molar-refractivity contribution in [2.45, 2.75) is 6.92 Å². The highest BCUT2D eigenvalue weighted by molar-refractivity contribution is 5.99. The molecule has 0 spiro atoms. The molecule has 1 amide bonds. The molecule has 0 fully saturated rings. The van der Waals surface area contributed by atoms with Gasteiger partial charge in [0.25, 0.3) is 5.91 Å². The molecule has 0 aliphatic carbocycles. The molecule has 0 bridgehead atoms. The first-order valence-corrected chi connectivity index (χ1v) is 8.01. The van der Waals surface area contributed by atoms with E-state index in [1.165, 1.54) is 0 Å². The Morgan fingerprint density at radius 3 is 2.33 bits per heavy atom. The maximum absolute atomic E-state index is 11.9. The number of hydrogen-bond acceptors (Lipinski definition) is 7. The molecule has 8 nitrogen and oxygen atoms in total. The number of nitrogens with one attached hydrogen (secondary N) is 1. The molecule has 0 aliphatic rings.